The lowest BCUT2D eigenvalue weighted by molar-refractivity contribution is 0.262. The molecule has 2 amide bonds. The van der Waals surface area contributed by atoms with Crippen LogP contribution in [-0.4, -0.2) is 21.0 Å². The van der Waals surface area contributed by atoms with Crippen molar-refractivity contribution in [1.29, 1.82) is 0 Å². The van der Waals surface area contributed by atoms with Gasteiger partial charge >= 0.3 is 6.03 Å². The summed E-state index contributed by atoms with van der Waals surface area (Å²) in [5.41, 5.74) is 0.824. The van der Waals surface area contributed by atoms with Gasteiger partial charge in [-0.2, -0.15) is 0 Å². The number of aromatic nitrogens is 3. The second-order valence-electron chi connectivity index (χ2n) is 4.06. The summed E-state index contributed by atoms with van der Waals surface area (Å²) in [6, 6.07) is 10.9. The number of benzene rings is 1. The number of amides is 2. The van der Waals surface area contributed by atoms with Gasteiger partial charge in [0.1, 0.15) is 5.82 Å². The Morgan fingerprint density at radius 2 is 1.80 bits per heavy atom. The maximum absolute atomic E-state index is 11.8. The van der Waals surface area contributed by atoms with E-state index in [1.54, 1.807) is 6.07 Å². The molecule has 0 unspecified atom stereocenters. The Balaban J connectivity index is 1.74. The minimum atomic E-state index is -0.409. The van der Waals surface area contributed by atoms with E-state index >= 15 is 0 Å². The fourth-order valence-electron chi connectivity index (χ4n) is 1.76. The summed E-state index contributed by atoms with van der Waals surface area (Å²) in [6.45, 7) is 0. The van der Waals surface area contributed by atoms with Crippen LogP contribution in [0.1, 0.15) is 0 Å². The number of rotatable bonds is 2. The van der Waals surface area contributed by atoms with E-state index in [-0.39, 0.29) is 0 Å². The van der Waals surface area contributed by atoms with E-state index in [1.807, 2.05) is 30.3 Å². The quantitative estimate of drug-likeness (QED) is 0.746. The average Bonchev–Trinajstić information content (AvgIpc) is 2.48. The Hall–Kier alpha value is -3.02. The van der Waals surface area contributed by atoms with Crippen LogP contribution in [0.5, 0.6) is 0 Å². The van der Waals surface area contributed by atoms with Crippen molar-refractivity contribution in [2.75, 3.05) is 10.6 Å². The highest BCUT2D eigenvalue weighted by molar-refractivity contribution is 5.99. The fraction of sp³-hybridized carbons (Fsp3) is 0. The van der Waals surface area contributed by atoms with E-state index < -0.39 is 6.03 Å². The van der Waals surface area contributed by atoms with Gasteiger partial charge in [0.2, 0.25) is 0 Å². The third-order valence-electron chi connectivity index (χ3n) is 2.64. The largest absolute Gasteiger partial charge is 0.326 e. The normalized spacial score (nSPS) is 10.2. The van der Waals surface area contributed by atoms with E-state index in [0.29, 0.717) is 11.6 Å². The van der Waals surface area contributed by atoms with Gasteiger partial charge < -0.3 is 0 Å². The molecule has 0 fully saturated rings. The molecule has 0 bridgehead atoms. The zero-order valence-corrected chi connectivity index (χ0v) is 10.4. The van der Waals surface area contributed by atoms with Crippen molar-refractivity contribution in [3.63, 3.8) is 0 Å². The molecule has 98 valence electrons. The first kappa shape index (κ1) is 12.0. The van der Waals surface area contributed by atoms with Gasteiger partial charge in [-0.05, 0) is 18.2 Å². The van der Waals surface area contributed by atoms with Crippen LogP contribution in [-0.2, 0) is 0 Å². The van der Waals surface area contributed by atoms with Gasteiger partial charge in [-0.1, -0.05) is 18.2 Å². The van der Waals surface area contributed by atoms with E-state index in [9.17, 15) is 4.79 Å². The molecule has 0 radical (unpaired) electrons. The molecule has 0 saturated heterocycles. The lowest BCUT2D eigenvalue weighted by Gasteiger charge is -2.06. The zero-order chi connectivity index (χ0) is 13.8. The van der Waals surface area contributed by atoms with Crippen LogP contribution in [0.2, 0.25) is 0 Å². The Morgan fingerprint density at radius 1 is 0.950 bits per heavy atom. The molecule has 0 atom stereocenters. The highest BCUT2D eigenvalue weighted by Gasteiger charge is 2.04. The van der Waals surface area contributed by atoms with Crippen molar-refractivity contribution in [2.24, 2.45) is 0 Å². The van der Waals surface area contributed by atoms with Crippen LogP contribution >= 0.6 is 0 Å². The molecule has 3 aromatic rings. The average molecular weight is 265 g/mol. The first-order valence-electron chi connectivity index (χ1n) is 6.01. The van der Waals surface area contributed by atoms with Gasteiger partial charge in [-0.15, -0.1) is 0 Å². The zero-order valence-electron chi connectivity index (χ0n) is 10.4. The van der Waals surface area contributed by atoms with Crippen LogP contribution in [0.25, 0.3) is 10.9 Å². The number of para-hydroxylation sites is 1. The highest BCUT2D eigenvalue weighted by Crippen LogP contribution is 2.14. The number of hydrogen-bond acceptors (Lipinski definition) is 4. The predicted molar refractivity (Wildman–Crippen MR) is 76.4 cm³/mol. The standard InChI is InChI=1S/C14H11N5O/c20-14(19-13-9-15-7-8-16-13)18-12-6-5-10-3-1-2-4-11(10)17-12/h1-9H,(H2,16,17,18,19,20). The maximum Gasteiger partial charge on any atom is 0.326 e. The summed E-state index contributed by atoms with van der Waals surface area (Å²) in [5, 5.41) is 6.25. The smallest absolute Gasteiger partial charge is 0.292 e. The molecular formula is C14H11N5O. The molecule has 1 aromatic carbocycles. The van der Waals surface area contributed by atoms with E-state index in [4.69, 9.17) is 0 Å². The lowest BCUT2D eigenvalue weighted by Crippen LogP contribution is -2.20. The van der Waals surface area contributed by atoms with Gasteiger partial charge in [-0.25, -0.2) is 14.8 Å². The number of pyridine rings is 1. The number of nitrogens with one attached hydrogen (secondary N) is 2. The topological polar surface area (TPSA) is 79.8 Å². The molecule has 6 heteroatoms. The van der Waals surface area contributed by atoms with Crippen molar-refractivity contribution in [3.8, 4) is 0 Å². The number of carbonyl (C=O) groups is 1. The highest BCUT2D eigenvalue weighted by atomic mass is 16.2. The number of hydrogen-bond donors (Lipinski definition) is 2. The van der Waals surface area contributed by atoms with Crippen molar-refractivity contribution < 1.29 is 4.79 Å². The molecule has 20 heavy (non-hydrogen) atoms. The van der Waals surface area contributed by atoms with Gasteiger partial charge in [-0.3, -0.25) is 15.6 Å². The van der Waals surface area contributed by atoms with Crippen molar-refractivity contribution in [1.82, 2.24) is 15.0 Å². The van der Waals surface area contributed by atoms with Crippen LogP contribution in [0.4, 0.5) is 16.4 Å². The molecule has 6 nitrogen and oxygen atoms in total. The molecule has 0 aliphatic rings. The van der Waals surface area contributed by atoms with E-state index in [0.717, 1.165) is 10.9 Å². The summed E-state index contributed by atoms with van der Waals surface area (Å²) < 4.78 is 0. The number of anilines is 2. The lowest BCUT2D eigenvalue weighted by atomic mass is 10.2. The molecular weight excluding hydrogens is 254 g/mol. The minimum absolute atomic E-state index is 0.380. The first-order chi connectivity index (χ1) is 9.81. The third kappa shape index (κ3) is 2.69. The minimum Gasteiger partial charge on any atom is -0.292 e. The monoisotopic (exact) mass is 265 g/mol. The van der Waals surface area contributed by atoms with Crippen LogP contribution in [0, 0.1) is 0 Å². The molecule has 0 spiro atoms. The predicted octanol–water partition coefficient (Wildman–Crippen LogP) is 2.67. The number of carbonyl (C=O) groups excluding carboxylic acids is 1. The summed E-state index contributed by atoms with van der Waals surface area (Å²) in [4.78, 5) is 24.0. The van der Waals surface area contributed by atoms with Gasteiger partial charge in [0.05, 0.1) is 11.7 Å². The Morgan fingerprint density at radius 3 is 2.65 bits per heavy atom. The second kappa shape index (κ2) is 5.31. The van der Waals surface area contributed by atoms with Gasteiger partial charge in [0, 0.05) is 17.8 Å². The molecule has 2 aromatic heterocycles. The summed E-state index contributed by atoms with van der Waals surface area (Å²) >= 11 is 0. The number of nitrogens with zero attached hydrogens (tertiary/aromatic N) is 3. The van der Waals surface area contributed by atoms with Crippen molar-refractivity contribution in [3.05, 3.63) is 55.0 Å². The summed E-state index contributed by atoms with van der Waals surface area (Å²) in [5.74, 6) is 0.857. The Kier molecular flexibility index (Phi) is 3.20. The van der Waals surface area contributed by atoms with Crippen molar-refractivity contribution >= 4 is 28.6 Å². The number of fused-ring (bicyclic) bond motifs is 1. The molecule has 2 N–H and O–H groups in total. The Labute approximate surface area is 114 Å². The second-order valence-corrected chi connectivity index (χ2v) is 4.06. The van der Waals surface area contributed by atoms with Gasteiger partial charge in [0.25, 0.3) is 0 Å². The van der Waals surface area contributed by atoms with Gasteiger partial charge in [0.15, 0.2) is 5.82 Å². The van der Waals surface area contributed by atoms with Crippen LogP contribution in [0.3, 0.4) is 0 Å². The maximum atomic E-state index is 11.8. The van der Waals surface area contributed by atoms with E-state index in [2.05, 4.69) is 25.6 Å². The van der Waals surface area contributed by atoms with Crippen molar-refractivity contribution in [2.45, 2.75) is 0 Å². The molecule has 0 aliphatic carbocycles. The van der Waals surface area contributed by atoms with Crippen LogP contribution in [0.15, 0.2) is 55.0 Å². The van der Waals surface area contributed by atoms with Crippen LogP contribution < -0.4 is 10.6 Å². The molecule has 0 aliphatic heterocycles. The molecule has 2 heterocycles. The fourth-order valence-corrected chi connectivity index (χ4v) is 1.76. The third-order valence-corrected chi connectivity index (χ3v) is 2.64. The summed E-state index contributed by atoms with van der Waals surface area (Å²) in [7, 11) is 0. The molecule has 0 saturated carbocycles. The van der Waals surface area contributed by atoms with E-state index in [1.165, 1.54) is 18.6 Å². The SMILES string of the molecule is O=C(Nc1cnccn1)Nc1ccc2ccccc2n1. The first-order valence-corrected chi connectivity index (χ1v) is 6.01. The summed E-state index contributed by atoms with van der Waals surface area (Å²) in [6.07, 6.45) is 4.51. The number of urea groups is 1. The molecule has 3 rings (SSSR count). The Bertz CT molecular complexity index is 745.